The van der Waals surface area contributed by atoms with E-state index < -0.39 is 5.97 Å². The fraction of sp³-hybridized carbons (Fsp3) is 0.438. The molecule has 0 aromatic heterocycles. The molecule has 0 radical (unpaired) electrons. The van der Waals surface area contributed by atoms with Gasteiger partial charge >= 0.3 is 5.97 Å². The van der Waals surface area contributed by atoms with Gasteiger partial charge in [0.2, 0.25) is 5.91 Å². The minimum Gasteiger partial charge on any atom is -0.452 e. The summed E-state index contributed by atoms with van der Waals surface area (Å²) in [7, 11) is 0. The SMILES string of the molecule is CSc1ccc(Cl)c(C(=O)OCC(=O)N2CCN(C(C)=O)CC2)c1. The first-order chi connectivity index (χ1) is 11.4. The molecule has 0 atom stereocenters. The summed E-state index contributed by atoms with van der Waals surface area (Å²) < 4.78 is 5.09. The number of carbonyl (C=O) groups is 3. The summed E-state index contributed by atoms with van der Waals surface area (Å²) in [5.74, 6) is -0.896. The van der Waals surface area contributed by atoms with Crippen molar-refractivity contribution in [1.82, 2.24) is 9.80 Å². The lowest BCUT2D eigenvalue weighted by atomic mass is 10.2. The Morgan fingerprint density at radius 1 is 1.17 bits per heavy atom. The van der Waals surface area contributed by atoms with E-state index in [1.807, 2.05) is 12.3 Å². The maximum atomic E-state index is 12.1. The van der Waals surface area contributed by atoms with Gasteiger partial charge in [-0.05, 0) is 24.5 Å². The maximum Gasteiger partial charge on any atom is 0.340 e. The van der Waals surface area contributed by atoms with Gasteiger partial charge in [-0.15, -0.1) is 11.8 Å². The van der Waals surface area contributed by atoms with Crippen molar-refractivity contribution in [3.8, 4) is 0 Å². The molecule has 1 aliphatic heterocycles. The molecule has 0 bridgehead atoms. The molecule has 8 heteroatoms. The summed E-state index contributed by atoms with van der Waals surface area (Å²) in [5, 5.41) is 0.292. The van der Waals surface area contributed by atoms with Crippen LogP contribution in [0.3, 0.4) is 0 Å². The van der Waals surface area contributed by atoms with Crippen LogP contribution in [0, 0.1) is 0 Å². The smallest absolute Gasteiger partial charge is 0.340 e. The molecule has 0 saturated carbocycles. The van der Waals surface area contributed by atoms with Crippen LogP contribution >= 0.6 is 23.4 Å². The molecule has 2 rings (SSSR count). The van der Waals surface area contributed by atoms with E-state index in [1.165, 1.54) is 18.7 Å². The van der Waals surface area contributed by atoms with Gasteiger partial charge in [0.1, 0.15) is 0 Å². The van der Waals surface area contributed by atoms with Gasteiger partial charge in [-0.2, -0.15) is 0 Å². The van der Waals surface area contributed by atoms with E-state index in [9.17, 15) is 14.4 Å². The van der Waals surface area contributed by atoms with Crippen LogP contribution in [0.2, 0.25) is 5.02 Å². The number of hydrogen-bond acceptors (Lipinski definition) is 5. The van der Waals surface area contributed by atoms with Gasteiger partial charge in [-0.25, -0.2) is 4.79 Å². The zero-order chi connectivity index (χ0) is 17.7. The summed E-state index contributed by atoms with van der Waals surface area (Å²) in [4.78, 5) is 39.7. The van der Waals surface area contributed by atoms with E-state index in [2.05, 4.69) is 0 Å². The van der Waals surface area contributed by atoms with E-state index >= 15 is 0 Å². The van der Waals surface area contributed by atoms with Gasteiger partial charge in [-0.3, -0.25) is 9.59 Å². The quantitative estimate of drug-likeness (QED) is 0.598. The van der Waals surface area contributed by atoms with Crippen LogP contribution in [0.15, 0.2) is 23.1 Å². The molecule has 0 aliphatic carbocycles. The van der Waals surface area contributed by atoms with Crippen molar-refractivity contribution in [1.29, 1.82) is 0 Å². The third-order valence-electron chi connectivity index (χ3n) is 3.80. The minimum atomic E-state index is -0.619. The second-order valence-electron chi connectivity index (χ2n) is 5.31. The molecule has 1 saturated heterocycles. The number of piperazine rings is 1. The number of benzene rings is 1. The number of rotatable bonds is 4. The number of hydrogen-bond donors (Lipinski definition) is 0. The largest absolute Gasteiger partial charge is 0.452 e. The van der Waals surface area contributed by atoms with Crippen molar-refractivity contribution < 1.29 is 19.1 Å². The molecule has 0 N–H and O–H groups in total. The Bertz CT molecular complexity index is 645. The van der Waals surface area contributed by atoms with Crippen LogP contribution in [0.25, 0.3) is 0 Å². The predicted molar refractivity (Wildman–Crippen MR) is 92.3 cm³/mol. The van der Waals surface area contributed by atoms with Gasteiger partial charge in [0.25, 0.3) is 5.91 Å². The summed E-state index contributed by atoms with van der Waals surface area (Å²) in [5.41, 5.74) is 0.248. The molecule has 6 nitrogen and oxygen atoms in total. The lowest BCUT2D eigenvalue weighted by molar-refractivity contribution is -0.140. The normalized spacial score (nSPS) is 14.5. The van der Waals surface area contributed by atoms with Crippen molar-refractivity contribution in [3.63, 3.8) is 0 Å². The zero-order valence-corrected chi connectivity index (χ0v) is 15.2. The summed E-state index contributed by atoms with van der Waals surface area (Å²) in [6.07, 6.45) is 1.89. The molecule has 0 spiro atoms. The molecule has 0 unspecified atom stereocenters. The maximum absolute atomic E-state index is 12.1. The van der Waals surface area contributed by atoms with Crippen molar-refractivity contribution in [2.45, 2.75) is 11.8 Å². The van der Waals surface area contributed by atoms with Crippen LogP contribution in [-0.4, -0.2) is 66.6 Å². The van der Waals surface area contributed by atoms with Gasteiger partial charge in [0, 0.05) is 38.0 Å². The standard InChI is InChI=1S/C16H19ClN2O4S/c1-11(20)18-5-7-19(8-6-18)15(21)10-23-16(22)13-9-12(24-2)3-4-14(13)17/h3-4,9H,5-8,10H2,1-2H3. The van der Waals surface area contributed by atoms with Gasteiger partial charge in [-0.1, -0.05) is 11.6 Å². The molecule has 2 amide bonds. The van der Waals surface area contributed by atoms with Crippen molar-refractivity contribution in [2.75, 3.05) is 39.0 Å². The van der Waals surface area contributed by atoms with E-state index in [1.54, 1.807) is 21.9 Å². The Morgan fingerprint density at radius 3 is 2.38 bits per heavy atom. The second kappa shape index (κ2) is 8.39. The molecule has 1 aliphatic rings. The van der Waals surface area contributed by atoms with Crippen molar-refractivity contribution in [3.05, 3.63) is 28.8 Å². The zero-order valence-electron chi connectivity index (χ0n) is 13.6. The van der Waals surface area contributed by atoms with Crippen molar-refractivity contribution >= 4 is 41.1 Å². The van der Waals surface area contributed by atoms with E-state index in [0.29, 0.717) is 31.2 Å². The molecule has 1 fully saturated rings. The fourth-order valence-electron chi connectivity index (χ4n) is 2.35. The summed E-state index contributed by atoms with van der Waals surface area (Å²) >= 11 is 7.50. The molecule has 1 aromatic rings. The highest BCUT2D eigenvalue weighted by Crippen LogP contribution is 2.23. The third-order valence-corrected chi connectivity index (χ3v) is 4.85. The van der Waals surface area contributed by atoms with E-state index in [-0.39, 0.29) is 24.0 Å². The number of thioether (sulfide) groups is 1. The Hall–Kier alpha value is -1.73. The van der Waals surface area contributed by atoms with E-state index in [0.717, 1.165) is 4.90 Å². The average Bonchev–Trinajstić information content (AvgIpc) is 2.59. The Kier molecular flexibility index (Phi) is 6.51. The topological polar surface area (TPSA) is 66.9 Å². The molecular weight excluding hydrogens is 352 g/mol. The van der Waals surface area contributed by atoms with Crippen LogP contribution in [0.5, 0.6) is 0 Å². The number of ether oxygens (including phenoxy) is 1. The Balaban J connectivity index is 1.88. The fourth-order valence-corrected chi connectivity index (χ4v) is 2.99. The average molecular weight is 371 g/mol. The van der Waals surface area contributed by atoms with Gasteiger partial charge in [0.05, 0.1) is 10.6 Å². The van der Waals surface area contributed by atoms with E-state index in [4.69, 9.17) is 16.3 Å². The number of carbonyl (C=O) groups excluding carboxylic acids is 3. The monoisotopic (exact) mass is 370 g/mol. The lowest BCUT2D eigenvalue weighted by Gasteiger charge is -2.34. The van der Waals surface area contributed by atoms with Crippen molar-refractivity contribution in [2.24, 2.45) is 0 Å². The second-order valence-corrected chi connectivity index (χ2v) is 6.60. The van der Waals surface area contributed by atoms with Crippen LogP contribution in [0.1, 0.15) is 17.3 Å². The number of nitrogens with zero attached hydrogens (tertiary/aromatic N) is 2. The highest BCUT2D eigenvalue weighted by Gasteiger charge is 2.23. The first-order valence-corrected chi connectivity index (χ1v) is 9.06. The number of esters is 1. The molecule has 1 aromatic carbocycles. The summed E-state index contributed by atoms with van der Waals surface area (Å²) in [6, 6.07) is 5.08. The highest BCUT2D eigenvalue weighted by atomic mass is 35.5. The van der Waals surface area contributed by atoms with Crippen LogP contribution in [-0.2, 0) is 14.3 Å². The van der Waals surface area contributed by atoms with Crippen LogP contribution in [0.4, 0.5) is 0 Å². The predicted octanol–water partition coefficient (Wildman–Crippen LogP) is 1.91. The van der Waals surface area contributed by atoms with Crippen LogP contribution < -0.4 is 0 Å². The number of halogens is 1. The number of amides is 2. The van der Waals surface area contributed by atoms with Gasteiger partial charge < -0.3 is 14.5 Å². The van der Waals surface area contributed by atoms with Gasteiger partial charge in [0.15, 0.2) is 6.61 Å². The molecular formula is C16H19ClN2O4S. The third kappa shape index (κ3) is 4.64. The lowest BCUT2D eigenvalue weighted by Crippen LogP contribution is -2.51. The summed E-state index contributed by atoms with van der Waals surface area (Å²) in [6.45, 7) is 3.05. The first kappa shape index (κ1) is 18.6. The molecule has 1 heterocycles. The Morgan fingerprint density at radius 2 is 1.79 bits per heavy atom. The highest BCUT2D eigenvalue weighted by molar-refractivity contribution is 7.98. The molecule has 24 heavy (non-hydrogen) atoms. The Labute approximate surface area is 150 Å². The molecule has 130 valence electrons. The minimum absolute atomic E-state index is 0.00292. The first-order valence-electron chi connectivity index (χ1n) is 7.46.